The lowest BCUT2D eigenvalue weighted by Gasteiger charge is -2.11. The van der Waals surface area contributed by atoms with Gasteiger partial charge >= 0.3 is 5.97 Å². The van der Waals surface area contributed by atoms with Crippen LogP contribution in [0.5, 0.6) is 0 Å². The number of rotatable bonds is 5. The van der Waals surface area contributed by atoms with Crippen molar-refractivity contribution >= 4 is 18.3 Å². The van der Waals surface area contributed by atoms with Gasteiger partial charge in [0.15, 0.2) is 0 Å². The molecule has 0 aliphatic heterocycles. The van der Waals surface area contributed by atoms with Gasteiger partial charge in [-0.2, -0.15) is 10.4 Å². The number of nitriles is 1. The quantitative estimate of drug-likeness (QED) is 0.527. The molecule has 3 rings (SSSR count). The normalized spacial score (nSPS) is 10.1. The minimum atomic E-state index is -0.886. The van der Waals surface area contributed by atoms with E-state index in [1.807, 2.05) is 20.9 Å². The lowest BCUT2D eigenvalue weighted by molar-refractivity contribution is -0.137. The number of aliphatic carboxylic acids is 1. The Morgan fingerprint density at radius 3 is 2.60 bits per heavy atom. The first kappa shape index (κ1) is 22.1. The summed E-state index contributed by atoms with van der Waals surface area (Å²) in [5, 5.41) is 29.7. The van der Waals surface area contributed by atoms with E-state index < -0.39 is 5.97 Å². The third-order valence-electron chi connectivity index (χ3n) is 4.43. The van der Waals surface area contributed by atoms with Crippen LogP contribution in [0.25, 0.3) is 22.5 Å². The minimum Gasteiger partial charge on any atom is -0.483 e. The first-order chi connectivity index (χ1) is 14.2. The first-order valence-electron chi connectivity index (χ1n) is 8.76. The van der Waals surface area contributed by atoms with Crippen LogP contribution in [0.15, 0.2) is 18.6 Å². The summed E-state index contributed by atoms with van der Waals surface area (Å²) in [6, 6.07) is 3.91. The molecule has 0 aromatic carbocycles. The maximum absolute atomic E-state index is 10.9. The number of anilines is 1. The highest BCUT2D eigenvalue weighted by molar-refractivity contribution is 5.79. The summed E-state index contributed by atoms with van der Waals surface area (Å²) in [5.74, 6) is -0.758. The molecule has 0 saturated carbocycles. The zero-order valence-corrected chi connectivity index (χ0v) is 16.7. The van der Waals surface area contributed by atoms with Crippen LogP contribution in [-0.4, -0.2) is 47.0 Å². The van der Waals surface area contributed by atoms with Crippen molar-refractivity contribution < 1.29 is 19.8 Å². The summed E-state index contributed by atoms with van der Waals surface area (Å²) >= 11 is 0. The Balaban J connectivity index is 0.00000101. The van der Waals surface area contributed by atoms with Crippen LogP contribution in [0.4, 0.5) is 5.82 Å². The highest BCUT2D eigenvalue weighted by Gasteiger charge is 2.20. The number of aromatic nitrogens is 5. The summed E-state index contributed by atoms with van der Waals surface area (Å²) in [4.78, 5) is 27.7. The molecule has 156 valence electrons. The van der Waals surface area contributed by atoms with Crippen LogP contribution >= 0.6 is 0 Å². The number of nitrogens with two attached hydrogens (primary N) is 1. The Morgan fingerprint density at radius 2 is 2.07 bits per heavy atom. The zero-order valence-electron chi connectivity index (χ0n) is 16.7. The Bertz CT molecular complexity index is 1120. The standard InChI is InChI=1S/C18H19N7O2.CH2O2/c1-10-17(11(2)25(23-10)5-4-16(26)27)14-6-12(13(7-19)18(20)22-14)15-8-21-9-24(15)3;2-1-3/h6,8-9H,4-5H2,1-3H3,(H2,20,22)(H,26,27);1H,(H,2,3). The van der Waals surface area contributed by atoms with Gasteiger partial charge in [0.05, 0.1) is 42.6 Å². The van der Waals surface area contributed by atoms with Gasteiger partial charge in [-0.1, -0.05) is 0 Å². The lowest BCUT2D eigenvalue weighted by Crippen LogP contribution is -2.07. The average molecular weight is 411 g/mol. The molecule has 0 radical (unpaired) electrons. The minimum absolute atomic E-state index is 0.0232. The van der Waals surface area contributed by atoms with Gasteiger partial charge in [-0.05, 0) is 19.9 Å². The number of nitrogens with zero attached hydrogens (tertiary/aromatic N) is 6. The molecular weight excluding hydrogens is 390 g/mol. The summed E-state index contributed by atoms with van der Waals surface area (Å²) in [6.07, 6.45) is 3.28. The lowest BCUT2D eigenvalue weighted by atomic mass is 10.0. The Labute approximate surface area is 172 Å². The van der Waals surface area contributed by atoms with Gasteiger partial charge in [-0.15, -0.1) is 0 Å². The maximum atomic E-state index is 10.9. The molecule has 3 aromatic heterocycles. The van der Waals surface area contributed by atoms with E-state index >= 15 is 0 Å². The van der Waals surface area contributed by atoms with Crippen molar-refractivity contribution in [2.45, 2.75) is 26.8 Å². The van der Waals surface area contributed by atoms with Crippen LogP contribution in [0, 0.1) is 25.2 Å². The number of nitrogen functional groups attached to an aromatic ring is 1. The molecule has 0 bridgehead atoms. The molecular formula is C19H21N7O4. The van der Waals surface area contributed by atoms with E-state index in [1.165, 1.54) is 0 Å². The second-order valence-electron chi connectivity index (χ2n) is 6.33. The fourth-order valence-corrected chi connectivity index (χ4v) is 3.12. The van der Waals surface area contributed by atoms with E-state index in [2.05, 4.69) is 21.1 Å². The molecule has 0 unspecified atom stereocenters. The highest BCUT2D eigenvalue weighted by atomic mass is 16.4. The molecule has 4 N–H and O–H groups in total. The van der Waals surface area contributed by atoms with Crippen molar-refractivity contribution in [2.24, 2.45) is 7.05 Å². The summed E-state index contributed by atoms with van der Waals surface area (Å²) in [5.41, 5.74) is 10.6. The number of imidazole rings is 1. The number of aryl methyl sites for hydroxylation is 3. The van der Waals surface area contributed by atoms with E-state index in [4.69, 9.17) is 20.7 Å². The molecule has 3 heterocycles. The van der Waals surface area contributed by atoms with Crippen LogP contribution in [0.2, 0.25) is 0 Å². The molecule has 0 spiro atoms. The third kappa shape index (κ3) is 4.44. The molecule has 0 aliphatic rings. The van der Waals surface area contributed by atoms with E-state index in [1.54, 1.807) is 27.8 Å². The average Bonchev–Trinajstić information content (AvgIpc) is 3.22. The molecule has 0 atom stereocenters. The summed E-state index contributed by atoms with van der Waals surface area (Å²) < 4.78 is 3.45. The van der Waals surface area contributed by atoms with Gasteiger partial charge in [0.2, 0.25) is 0 Å². The fraction of sp³-hybridized carbons (Fsp3) is 0.263. The molecule has 0 saturated heterocycles. The Kier molecular flexibility index (Phi) is 6.87. The number of hydrogen-bond donors (Lipinski definition) is 3. The SMILES string of the molecule is Cc1nn(CCC(=O)O)c(C)c1-c1cc(-c2cncn2C)c(C#N)c(N)n1.O=CO. The number of carboxylic acids is 1. The predicted octanol–water partition coefficient (Wildman–Crippen LogP) is 1.59. The molecule has 30 heavy (non-hydrogen) atoms. The summed E-state index contributed by atoms with van der Waals surface area (Å²) in [7, 11) is 1.83. The topological polar surface area (TPSA) is 173 Å². The van der Waals surface area contributed by atoms with Crippen LogP contribution in [0.1, 0.15) is 23.4 Å². The van der Waals surface area contributed by atoms with Crippen molar-refractivity contribution in [3.8, 4) is 28.6 Å². The predicted molar refractivity (Wildman–Crippen MR) is 107 cm³/mol. The molecule has 0 aliphatic carbocycles. The summed E-state index contributed by atoms with van der Waals surface area (Å²) in [6.45, 7) is 3.71. The van der Waals surface area contributed by atoms with Gasteiger partial charge in [-0.25, -0.2) is 9.97 Å². The van der Waals surface area contributed by atoms with E-state index in [-0.39, 0.29) is 30.8 Å². The van der Waals surface area contributed by atoms with Crippen LogP contribution < -0.4 is 5.73 Å². The van der Waals surface area contributed by atoms with Gasteiger partial charge in [0.25, 0.3) is 6.47 Å². The second-order valence-corrected chi connectivity index (χ2v) is 6.33. The molecule has 11 nitrogen and oxygen atoms in total. The number of carboxylic acid groups (broad SMARTS) is 2. The Hall–Kier alpha value is -4.20. The van der Waals surface area contributed by atoms with Gasteiger partial charge < -0.3 is 20.5 Å². The number of hydrogen-bond acceptors (Lipinski definition) is 7. The fourth-order valence-electron chi connectivity index (χ4n) is 3.12. The zero-order chi connectivity index (χ0) is 22.4. The molecule has 11 heteroatoms. The van der Waals surface area contributed by atoms with Crippen molar-refractivity contribution in [3.05, 3.63) is 35.5 Å². The van der Waals surface area contributed by atoms with Crippen molar-refractivity contribution in [1.82, 2.24) is 24.3 Å². The van der Waals surface area contributed by atoms with E-state index in [0.29, 0.717) is 17.0 Å². The smallest absolute Gasteiger partial charge is 0.305 e. The van der Waals surface area contributed by atoms with Crippen molar-refractivity contribution in [3.63, 3.8) is 0 Å². The molecule has 0 fully saturated rings. The van der Waals surface area contributed by atoms with E-state index in [0.717, 1.165) is 17.0 Å². The van der Waals surface area contributed by atoms with Crippen LogP contribution in [0.3, 0.4) is 0 Å². The van der Waals surface area contributed by atoms with Crippen molar-refractivity contribution in [1.29, 1.82) is 5.26 Å². The van der Waals surface area contributed by atoms with Gasteiger partial charge in [0.1, 0.15) is 17.5 Å². The Morgan fingerprint density at radius 1 is 1.40 bits per heavy atom. The maximum Gasteiger partial charge on any atom is 0.305 e. The van der Waals surface area contributed by atoms with Gasteiger partial charge in [0, 0.05) is 23.9 Å². The first-order valence-corrected chi connectivity index (χ1v) is 8.76. The van der Waals surface area contributed by atoms with Crippen LogP contribution in [-0.2, 0) is 23.2 Å². The second kappa shape index (κ2) is 9.33. The van der Waals surface area contributed by atoms with E-state index in [9.17, 15) is 10.1 Å². The largest absolute Gasteiger partial charge is 0.483 e. The molecule has 3 aromatic rings. The number of pyridine rings is 1. The third-order valence-corrected chi connectivity index (χ3v) is 4.43. The number of carbonyl (C=O) groups is 2. The van der Waals surface area contributed by atoms with Gasteiger partial charge in [-0.3, -0.25) is 14.3 Å². The van der Waals surface area contributed by atoms with Crippen molar-refractivity contribution in [2.75, 3.05) is 5.73 Å². The molecule has 0 amide bonds. The monoisotopic (exact) mass is 411 g/mol. The highest BCUT2D eigenvalue weighted by Crippen LogP contribution is 2.33.